The molecule has 1 aliphatic rings. The first-order chi connectivity index (χ1) is 8.92. The molecule has 0 radical (unpaired) electrons. The minimum Gasteiger partial charge on any atom is -0.312 e. The van der Waals surface area contributed by atoms with Crippen LogP contribution in [0.1, 0.15) is 53.4 Å². The maximum Gasteiger partial charge on any atom is 0.0117 e. The van der Waals surface area contributed by atoms with Crippen molar-refractivity contribution in [1.82, 2.24) is 15.1 Å². The lowest BCUT2D eigenvalue weighted by Crippen LogP contribution is -2.43. The van der Waals surface area contributed by atoms with E-state index in [2.05, 4.69) is 49.9 Å². The molecule has 0 aromatic carbocycles. The molecule has 0 saturated carbocycles. The summed E-state index contributed by atoms with van der Waals surface area (Å²) in [6.45, 7) is 15.2. The van der Waals surface area contributed by atoms with Gasteiger partial charge in [0.2, 0.25) is 0 Å². The fourth-order valence-corrected chi connectivity index (χ4v) is 2.81. The van der Waals surface area contributed by atoms with Crippen molar-refractivity contribution in [3.63, 3.8) is 0 Å². The second-order valence-electron chi connectivity index (χ2n) is 7.03. The summed E-state index contributed by atoms with van der Waals surface area (Å²) in [7, 11) is 2.31. The van der Waals surface area contributed by atoms with E-state index >= 15 is 0 Å². The van der Waals surface area contributed by atoms with Crippen molar-refractivity contribution in [3.8, 4) is 0 Å². The van der Waals surface area contributed by atoms with Crippen LogP contribution in [-0.4, -0.2) is 61.2 Å². The summed E-state index contributed by atoms with van der Waals surface area (Å²) in [6.07, 6.45) is 5.30. The molecular formula is C16H35N3. The summed E-state index contributed by atoms with van der Waals surface area (Å²) in [6, 6.07) is 0.818. The molecule has 0 aliphatic carbocycles. The molecular weight excluding hydrogens is 234 g/mol. The largest absolute Gasteiger partial charge is 0.312 e. The quantitative estimate of drug-likeness (QED) is 0.717. The predicted octanol–water partition coefficient (Wildman–Crippen LogP) is 2.57. The number of rotatable bonds is 7. The van der Waals surface area contributed by atoms with Crippen LogP contribution in [-0.2, 0) is 0 Å². The van der Waals surface area contributed by atoms with Gasteiger partial charge in [-0.1, -0.05) is 6.92 Å². The number of piperidine rings is 1. The molecule has 1 fully saturated rings. The highest BCUT2D eigenvalue weighted by molar-refractivity contribution is 4.78. The van der Waals surface area contributed by atoms with Crippen molar-refractivity contribution in [2.24, 2.45) is 0 Å². The highest BCUT2D eigenvalue weighted by atomic mass is 15.2. The van der Waals surface area contributed by atoms with Gasteiger partial charge in [-0.25, -0.2) is 0 Å². The van der Waals surface area contributed by atoms with E-state index in [1.807, 2.05) is 0 Å². The lowest BCUT2D eigenvalue weighted by atomic mass is 10.0. The lowest BCUT2D eigenvalue weighted by Gasteiger charge is -2.36. The monoisotopic (exact) mass is 269 g/mol. The van der Waals surface area contributed by atoms with Crippen LogP contribution in [0.2, 0.25) is 0 Å². The van der Waals surface area contributed by atoms with Crippen molar-refractivity contribution >= 4 is 0 Å². The van der Waals surface area contributed by atoms with Crippen LogP contribution in [0.5, 0.6) is 0 Å². The molecule has 0 aromatic rings. The SMILES string of the molecule is CCN1CCC(N(C)CCCCNC(C)(C)C)CC1. The Bertz CT molecular complexity index is 227. The molecule has 114 valence electrons. The maximum absolute atomic E-state index is 3.56. The number of hydrogen-bond acceptors (Lipinski definition) is 3. The first-order valence-corrected chi connectivity index (χ1v) is 8.10. The van der Waals surface area contributed by atoms with E-state index in [0.29, 0.717) is 0 Å². The van der Waals surface area contributed by atoms with Gasteiger partial charge in [-0.05, 0) is 86.2 Å². The Morgan fingerprint density at radius 3 is 2.32 bits per heavy atom. The first kappa shape index (κ1) is 16.9. The molecule has 1 aliphatic heterocycles. The summed E-state index contributed by atoms with van der Waals surface area (Å²) in [4.78, 5) is 5.15. The van der Waals surface area contributed by atoms with Gasteiger partial charge >= 0.3 is 0 Å². The van der Waals surface area contributed by atoms with Crippen LogP contribution in [0.25, 0.3) is 0 Å². The van der Waals surface area contributed by atoms with Gasteiger partial charge in [0.15, 0.2) is 0 Å². The van der Waals surface area contributed by atoms with Gasteiger partial charge in [0.25, 0.3) is 0 Å². The van der Waals surface area contributed by atoms with Gasteiger partial charge in [-0.2, -0.15) is 0 Å². The Kier molecular flexibility index (Phi) is 7.33. The van der Waals surface area contributed by atoms with E-state index in [-0.39, 0.29) is 5.54 Å². The zero-order valence-corrected chi connectivity index (χ0v) is 13.8. The third kappa shape index (κ3) is 7.28. The van der Waals surface area contributed by atoms with E-state index in [4.69, 9.17) is 0 Å². The molecule has 1 rings (SSSR count). The van der Waals surface area contributed by atoms with E-state index in [0.717, 1.165) is 12.6 Å². The fraction of sp³-hybridized carbons (Fsp3) is 1.00. The number of hydrogen-bond donors (Lipinski definition) is 1. The highest BCUT2D eigenvalue weighted by Gasteiger charge is 2.20. The van der Waals surface area contributed by atoms with Gasteiger partial charge < -0.3 is 15.1 Å². The van der Waals surface area contributed by atoms with Crippen LogP contribution in [0.3, 0.4) is 0 Å². The Morgan fingerprint density at radius 2 is 1.79 bits per heavy atom. The lowest BCUT2D eigenvalue weighted by molar-refractivity contribution is 0.130. The van der Waals surface area contributed by atoms with Crippen molar-refractivity contribution < 1.29 is 0 Å². The van der Waals surface area contributed by atoms with Crippen LogP contribution in [0.4, 0.5) is 0 Å². The Hall–Kier alpha value is -0.120. The Labute approximate surface area is 120 Å². The second-order valence-corrected chi connectivity index (χ2v) is 7.03. The van der Waals surface area contributed by atoms with Gasteiger partial charge in [0, 0.05) is 11.6 Å². The normalized spacial score (nSPS) is 19.3. The zero-order chi connectivity index (χ0) is 14.3. The van der Waals surface area contributed by atoms with Gasteiger partial charge in [0.05, 0.1) is 0 Å². The number of nitrogens with one attached hydrogen (secondary N) is 1. The Morgan fingerprint density at radius 1 is 1.16 bits per heavy atom. The standard InChI is InChI=1S/C16H35N3/c1-6-19-13-9-15(10-14-19)18(5)12-8-7-11-17-16(2,3)4/h15,17H,6-14H2,1-5H3. The molecule has 3 heteroatoms. The molecule has 1 saturated heterocycles. The molecule has 0 spiro atoms. The summed E-state index contributed by atoms with van der Waals surface area (Å²) >= 11 is 0. The maximum atomic E-state index is 3.56. The van der Waals surface area contributed by atoms with Gasteiger partial charge in [-0.15, -0.1) is 0 Å². The van der Waals surface area contributed by atoms with Crippen molar-refractivity contribution in [2.45, 2.75) is 65.0 Å². The number of unbranched alkanes of at least 4 members (excludes halogenated alkanes) is 1. The first-order valence-electron chi connectivity index (χ1n) is 8.10. The summed E-state index contributed by atoms with van der Waals surface area (Å²) in [5, 5.41) is 3.56. The predicted molar refractivity (Wildman–Crippen MR) is 84.8 cm³/mol. The molecule has 1 heterocycles. The van der Waals surface area contributed by atoms with Crippen molar-refractivity contribution in [2.75, 3.05) is 39.8 Å². The minimum atomic E-state index is 0.263. The summed E-state index contributed by atoms with van der Waals surface area (Å²) < 4.78 is 0. The van der Waals surface area contributed by atoms with Crippen LogP contribution < -0.4 is 5.32 Å². The van der Waals surface area contributed by atoms with Crippen LogP contribution in [0, 0.1) is 0 Å². The van der Waals surface area contributed by atoms with Crippen molar-refractivity contribution in [1.29, 1.82) is 0 Å². The molecule has 0 atom stereocenters. The zero-order valence-electron chi connectivity index (χ0n) is 13.8. The van der Waals surface area contributed by atoms with Crippen LogP contribution >= 0.6 is 0 Å². The molecule has 1 N–H and O–H groups in total. The van der Waals surface area contributed by atoms with Crippen molar-refractivity contribution in [3.05, 3.63) is 0 Å². The van der Waals surface area contributed by atoms with Gasteiger partial charge in [-0.3, -0.25) is 0 Å². The van der Waals surface area contributed by atoms with Gasteiger partial charge in [0.1, 0.15) is 0 Å². The molecule has 0 aromatic heterocycles. The molecule has 0 unspecified atom stereocenters. The third-order valence-corrected chi connectivity index (χ3v) is 4.22. The number of nitrogens with zero attached hydrogens (tertiary/aromatic N) is 2. The average Bonchev–Trinajstić information content (AvgIpc) is 2.37. The summed E-state index contributed by atoms with van der Waals surface area (Å²) in [5.74, 6) is 0. The van der Waals surface area contributed by atoms with E-state index in [1.54, 1.807) is 0 Å². The topological polar surface area (TPSA) is 18.5 Å². The third-order valence-electron chi connectivity index (χ3n) is 4.22. The van der Waals surface area contributed by atoms with E-state index in [9.17, 15) is 0 Å². The summed E-state index contributed by atoms with van der Waals surface area (Å²) in [5.41, 5.74) is 0.263. The smallest absolute Gasteiger partial charge is 0.0117 e. The molecule has 0 amide bonds. The van der Waals surface area contributed by atoms with Crippen LogP contribution in [0.15, 0.2) is 0 Å². The molecule has 19 heavy (non-hydrogen) atoms. The average molecular weight is 269 g/mol. The highest BCUT2D eigenvalue weighted by Crippen LogP contribution is 2.15. The Balaban J connectivity index is 2.06. The van der Waals surface area contributed by atoms with E-state index < -0.39 is 0 Å². The van der Waals surface area contributed by atoms with E-state index in [1.165, 1.54) is 51.9 Å². The fourth-order valence-electron chi connectivity index (χ4n) is 2.81. The molecule has 0 bridgehead atoms. The second kappa shape index (κ2) is 8.23. The molecule has 3 nitrogen and oxygen atoms in total. The number of likely N-dealkylation sites (tertiary alicyclic amines) is 1. The minimum absolute atomic E-state index is 0.263.